The lowest BCUT2D eigenvalue weighted by atomic mass is 9.60. The van der Waals surface area contributed by atoms with Crippen LogP contribution in [0, 0.1) is 11.8 Å². The van der Waals surface area contributed by atoms with Crippen LogP contribution in [0.3, 0.4) is 0 Å². The summed E-state index contributed by atoms with van der Waals surface area (Å²) in [7, 11) is 4.42. The van der Waals surface area contributed by atoms with Gasteiger partial charge in [0.25, 0.3) is 5.91 Å². The van der Waals surface area contributed by atoms with Gasteiger partial charge in [-0.2, -0.15) is 0 Å². The van der Waals surface area contributed by atoms with E-state index in [0.29, 0.717) is 33.9 Å². The summed E-state index contributed by atoms with van der Waals surface area (Å²) in [6.07, 6.45) is -0.1000. The van der Waals surface area contributed by atoms with Gasteiger partial charge in [0.05, 0.1) is 26.9 Å². The van der Waals surface area contributed by atoms with Crippen molar-refractivity contribution < 1.29 is 49.0 Å². The first kappa shape index (κ1) is 26.1. The fourth-order valence-electron chi connectivity index (χ4n) is 6.13. The number of hydrogen-bond acceptors (Lipinski definition) is 10. The summed E-state index contributed by atoms with van der Waals surface area (Å²) in [6, 6.07) is 6.39. The molecule has 11 heteroatoms. The Labute approximate surface area is 222 Å². The Kier molecular flexibility index (Phi) is 6.06. The van der Waals surface area contributed by atoms with Crippen LogP contribution in [0.15, 0.2) is 46.9 Å². The molecule has 2 aromatic rings. The summed E-state index contributed by atoms with van der Waals surface area (Å²) < 4.78 is 16.3. The van der Waals surface area contributed by atoms with E-state index in [9.17, 15) is 34.8 Å². The lowest BCUT2D eigenvalue weighted by Gasteiger charge is -2.45. The second-order valence-electron chi connectivity index (χ2n) is 9.81. The lowest BCUT2D eigenvalue weighted by Crippen LogP contribution is -2.57. The number of amides is 1. The molecule has 0 aliphatic heterocycles. The van der Waals surface area contributed by atoms with Crippen LogP contribution < -0.4 is 19.9 Å². The number of allylic oxidation sites excluding steroid dienone is 2. The lowest BCUT2D eigenvalue weighted by molar-refractivity contribution is -0.144. The first-order valence-corrected chi connectivity index (χ1v) is 12.1. The predicted molar refractivity (Wildman–Crippen MR) is 136 cm³/mol. The number of Topliss-reactive ketones (excluding diaryl/α,β-unsaturated/α-hetero) is 2. The van der Waals surface area contributed by atoms with E-state index in [-0.39, 0.29) is 36.1 Å². The molecule has 3 atom stereocenters. The molecule has 0 bridgehead atoms. The van der Waals surface area contributed by atoms with Gasteiger partial charge in [0.1, 0.15) is 22.8 Å². The monoisotopic (exact) mass is 537 g/mol. The molecule has 204 valence electrons. The third-order valence-corrected chi connectivity index (χ3v) is 7.92. The first-order chi connectivity index (χ1) is 18.5. The maximum atomic E-state index is 13.8. The van der Waals surface area contributed by atoms with Gasteiger partial charge in [-0.05, 0) is 53.6 Å². The Balaban J connectivity index is 1.69. The Hall–Kier alpha value is -4.51. The molecule has 0 fully saturated rings. The van der Waals surface area contributed by atoms with Gasteiger partial charge < -0.3 is 40.4 Å². The molecule has 39 heavy (non-hydrogen) atoms. The minimum atomic E-state index is -2.61. The normalized spacial score (nSPS) is 24.1. The molecule has 3 aliphatic rings. The third kappa shape index (κ3) is 3.57. The van der Waals surface area contributed by atoms with Crippen molar-refractivity contribution in [2.24, 2.45) is 17.6 Å². The molecular formula is C28H27NO10. The van der Waals surface area contributed by atoms with Gasteiger partial charge in [0, 0.05) is 17.9 Å². The van der Waals surface area contributed by atoms with Crippen molar-refractivity contribution in [1.29, 1.82) is 0 Å². The number of phenolic OH excluding ortho intramolecular Hbond substituents is 1. The molecular weight excluding hydrogens is 510 g/mol. The molecule has 0 spiro atoms. The number of ketones is 2. The van der Waals surface area contributed by atoms with Crippen LogP contribution in [0.2, 0.25) is 0 Å². The van der Waals surface area contributed by atoms with Gasteiger partial charge in [-0.3, -0.25) is 14.4 Å². The number of aliphatic hydroxyl groups is 3. The highest BCUT2D eigenvalue weighted by atomic mass is 16.5. The SMILES string of the molecule is COc1cc(-c2ccc(O)c3c2C[C@H]2C[C@H]4CC(O)=C(C(N)=O)C(=O)[C@@]4(O)C(O)=C2C3=O)cc(OC)c1OC. The average Bonchev–Trinajstić information content (AvgIpc) is 2.89. The standard InChI is InChI=1S/C28H27NO10/c1-37-18-8-11(9-19(38-2)24(18)39-3)14-4-5-16(30)21-15(14)7-12-6-13-10-17(31)22(27(29)35)26(34)28(13,36)25(33)20(12)23(21)32/h4-5,8-9,12-13,30-31,33,36H,6-7,10H2,1-3H3,(H2,29,35)/t12-,13+,28+/m1/s1. The molecule has 1 amide bonds. The number of fused-ring (bicyclic) bond motifs is 3. The van der Waals surface area contributed by atoms with Crippen LogP contribution in [0.1, 0.15) is 28.8 Å². The highest BCUT2D eigenvalue weighted by molar-refractivity contribution is 6.24. The van der Waals surface area contributed by atoms with Gasteiger partial charge in [0.2, 0.25) is 11.5 Å². The van der Waals surface area contributed by atoms with Crippen molar-refractivity contribution in [1.82, 2.24) is 0 Å². The van der Waals surface area contributed by atoms with E-state index in [4.69, 9.17) is 19.9 Å². The van der Waals surface area contributed by atoms with Crippen LogP contribution in [-0.4, -0.2) is 64.8 Å². The maximum absolute atomic E-state index is 13.8. The second-order valence-corrected chi connectivity index (χ2v) is 9.81. The van der Waals surface area contributed by atoms with Gasteiger partial charge in [-0.15, -0.1) is 0 Å². The average molecular weight is 538 g/mol. The van der Waals surface area contributed by atoms with E-state index < -0.39 is 52.0 Å². The Morgan fingerprint density at radius 3 is 2.21 bits per heavy atom. The van der Waals surface area contributed by atoms with E-state index in [0.717, 1.165) is 0 Å². The topological polar surface area (TPSA) is 186 Å². The van der Waals surface area contributed by atoms with Crippen LogP contribution >= 0.6 is 0 Å². The number of methoxy groups -OCH3 is 3. The largest absolute Gasteiger partial charge is 0.511 e. The summed E-state index contributed by atoms with van der Waals surface area (Å²) in [6.45, 7) is 0. The van der Waals surface area contributed by atoms with E-state index in [1.165, 1.54) is 27.4 Å². The smallest absolute Gasteiger partial charge is 0.255 e. The summed E-state index contributed by atoms with van der Waals surface area (Å²) in [5.41, 5.74) is 3.19. The Morgan fingerprint density at radius 1 is 1.00 bits per heavy atom. The van der Waals surface area contributed by atoms with Gasteiger partial charge in [-0.25, -0.2) is 0 Å². The number of benzene rings is 2. The van der Waals surface area contributed by atoms with Crippen LogP contribution in [0.4, 0.5) is 0 Å². The van der Waals surface area contributed by atoms with Crippen molar-refractivity contribution in [3.8, 4) is 34.1 Å². The van der Waals surface area contributed by atoms with Crippen LogP contribution in [-0.2, 0) is 16.0 Å². The number of aromatic hydroxyl groups is 1. The number of nitrogens with two attached hydrogens (primary N) is 1. The Bertz CT molecular complexity index is 1500. The van der Waals surface area contributed by atoms with E-state index >= 15 is 0 Å². The molecule has 0 aromatic heterocycles. The molecule has 0 heterocycles. The number of phenols is 1. The zero-order chi connectivity index (χ0) is 28.4. The van der Waals surface area contributed by atoms with Gasteiger partial charge in [0.15, 0.2) is 22.9 Å². The van der Waals surface area contributed by atoms with Crippen LogP contribution in [0.5, 0.6) is 23.0 Å². The highest BCUT2D eigenvalue weighted by Gasteiger charge is 2.59. The highest BCUT2D eigenvalue weighted by Crippen LogP contribution is 2.53. The van der Waals surface area contributed by atoms with Gasteiger partial charge in [-0.1, -0.05) is 6.07 Å². The van der Waals surface area contributed by atoms with Crippen molar-refractivity contribution >= 4 is 17.5 Å². The maximum Gasteiger partial charge on any atom is 0.255 e. The Morgan fingerprint density at radius 2 is 1.64 bits per heavy atom. The van der Waals surface area contributed by atoms with Crippen molar-refractivity contribution in [2.75, 3.05) is 21.3 Å². The summed E-state index contributed by atoms with van der Waals surface area (Å²) in [5.74, 6) is -5.63. The van der Waals surface area contributed by atoms with E-state index in [1.54, 1.807) is 18.2 Å². The molecule has 0 radical (unpaired) electrons. The fourth-order valence-corrected chi connectivity index (χ4v) is 6.13. The van der Waals surface area contributed by atoms with E-state index in [2.05, 4.69) is 0 Å². The minimum absolute atomic E-state index is 0.0350. The fraction of sp³-hybridized carbons (Fsp3) is 0.321. The van der Waals surface area contributed by atoms with Crippen molar-refractivity contribution in [3.05, 3.63) is 58.1 Å². The first-order valence-electron chi connectivity index (χ1n) is 12.1. The number of carbonyl (C=O) groups is 3. The number of hydrogen-bond donors (Lipinski definition) is 5. The van der Waals surface area contributed by atoms with E-state index in [1.807, 2.05) is 0 Å². The number of ether oxygens (including phenoxy) is 3. The number of aliphatic hydroxyl groups excluding tert-OH is 2. The molecule has 2 aromatic carbocycles. The molecule has 0 saturated carbocycles. The number of carbonyl (C=O) groups excluding carboxylic acids is 3. The molecule has 11 nitrogen and oxygen atoms in total. The summed E-state index contributed by atoms with van der Waals surface area (Å²) >= 11 is 0. The third-order valence-electron chi connectivity index (χ3n) is 7.92. The molecule has 3 aliphatic carbocycles. The van der Waals surface area contributed by atoms with Crippen LogP contribution in [0.25, 0.3) is 11.1 Å². The minimum Gasteiger partial charge on any atom is -0.511 e. The quantitative estimate of drug-likeness (QED) is 0.354. The zero-order valence-corrected chi connectivity index (χ0v) is 21.4. The number of primary amides is 1. The van der Waals surface area contributed by atoms with Crippen molar-refractivity contribution in [2.45, 2.75) is 24.9 Å². The molecule has 0 saturated heterocycles. The zero-order valence-electron chi connectivity index (χ0n) is 21.4. The molecule has 5 rings (SSSR count). The van der Waals surface area contributed by atoms with Gasteiger partial charge >= 0.3 is 0 Å². The summed E-state index contributed by atoms with van der Waals surface area (Å²) in [5, 5.41) is 43.6. The molecule has 0 unspecified atom stereocenters. The number of rotatable bonds is 5. The predicted octanol–water partition coefficient (Wildman–Crippen LogP) is 2.27. The second kappa shape index (κ2) is 9.05. The molecule has 6 N–H and O–H groups in total. The summed E-state index contributed by atoms with van der Waals surface area (Å²) in [4.78, 5) is 38.7. The van der Waals surface area contributed by atoms with Crippen molar-refractivity contribution in [3.63, 3.8) is 0 Å².